The number of amides is 1. The first-order chi connectivity index (χ1) is 14.3. The van der Waals surface area contributed by atoms with Crippen LogP contribution in [0.1, 0.15) is 30.4 Å². The predicted octanol–water partition coefficient (Wildman–Crippen LogP) is 5.27. The number of thiophene rings is 1. The number of rotatable bonds is 7. The number of nitrogens with one attached hydrogen (secondary N) is 1. The van der Waals surface area contributed by atoms with Gasteiger partial charge in [-0.1, -0.05) is 18.2 Å². The van der Waals surface area contributed by atoms with E-state index in [1.54, 1.807) is 4.90 Å². The van der Waals surface area contributed by atoms with Gasteiger partial charge >= 0.3 is 6.18 Å². The van der Waals surface area contributed by atoms with Gasteiger partial charge in [-0.2, -0.15) is 18.3 Å². The van der Waals surface area contributed by atoms with E-state index in [-0.39, 0.29) is 18.4 Å². The van der Waals surface area contributed by atoms with Crippen LogP contribution < -0.4 is 0 Å². The fourth-order valence-electron chi connectivity index (χ4n) is 3.27. The molecule has 0 bridgehead atoms. The van der Waals surface area contributed by atoms with Crippen LogP contribution in [0.5, 0.6) is 0 Å². The molecule has 1 fully saturated rings. The minimum atomic E-state index is -4.37. The number of aromatic amines is 1. The highest BCUT2D eigenvalue weighted by atomic mass is 32.1. The summed E-state index contributed by atoms with van der Waals surface area (Å²) >= 11 is 6.85. The summed E-state index contributed by atoms with van der Waals surface area (Å²) in [5.74, 6) is 0.654. The predicted molar refractivity (Wildman–Crippen MR) is 110 cm³/mol. The van der Waals surface area contributed by atoms with Crippen molar-refractivity contribution in [3.05, 3.63) is 57.7 Å². The molecule has 0 atom stereocenters. The van der Waals surface area contributed by atoms with Gasteiger partial charge in [-0.3, -0.25) is 14.5 Å². The lowest BCUT2D eigenvalue weighted by atomic mass is 10.1. The molecule has 1 saturated carbocycles. The third kappa shape index (κ3) is 4.65. The fourth-order valence-corrected chi connectivity index (χ4v) is 4.22. The summed E-state index contributed by atoms with van der Waals surface area (Å²) in [6, 6.07) is 9.00. The van der Waals surface area contributed by atoms with Crippen LogP contribution in [0, 0.1) is 4.77 Å². The Morgan fingerprint density at radius 2 is 2.00 bits per heavy atom. The Balaban J connectivity index is 1.44. The van der Waals surface area contributed by atoms with Crippen molar-refractivity contribution in [2.45, 2.75) is 44.6 Å². The van der Waals surface area contributed by atoms with Gasteiger partial charge in [-0.05, 0) is 54.2 Å². The van der Waals surface area contributed by atoms with Crippen LogP contribution in [0.4, 0.5) is 13.2 Å². The van der Waals surface area contributed by atoms with Crippen LogP contribution in [0.25, 0.3) is 10.7 Å². The Morgan fingerprint density at radius 1 is 1.27 bits per heavy atom. The molecule has 0 unspecified atom stereocenters. The standard InChI is InChI=1S/C20H19F3N4OS2/c21-20(22,23)14-5-3-13(4-6-14)12-27(15-7-8-15)17(28)9-10-26-18(24-25-19(26)29)16-2-1-11-30-16/h1-6,11,15H,7-10,12H2,(H,25,29). The van der Waals surface area contributed by atoms with Gasteiger partial charge in [-0.25, -0.2) is 0 Å². The molecule has 30 heavy (non-hydrogen) atoms. The zero-order valence-electron chi connectivity index (χ0n) is 15.9. The lowest BCUT2D eigenvalue weighted by Crippen LogP contribution is -2.33. The fraction of sp³-hybridized carbons (Fsp3) is 0.350. The number of hydrogen-bond acceptors (Lipinski definition) is 4. The summed E-state index contributed by atoms with van der Waals surface area (Å²) in [4.78, 5) is 15.6. The molecule has 5 nitrogen and oxygen atoms in total. The monoisotopic (exact) mass is 452 g/mol. The van der Waals surface area contributed by atoms with Crippen molar-refractivity contribution in [1.29, 1.82) is 0 Å². The highest BCUT2D eigenvalue weighted by Crippen LogP contribution is 2.32. The number of benzene rings is 1. The van der Waals surface area contributed by atoms with Crippen molar-refractivity contribution in [3.63, 3.8) is 0 Å². The van der Waals surface area contributed by atoms with Crippen molar-refractivity contribution < 1.29 is 18.0 Å². The molecule has 3 aromatic rings. The van der Waals surface area contributed by atoms with Crippen molar-refractivity contribution in [2.24, 2.45) is 0 Å². The average molecular weight is 453 g/mol. The van der Waals surface area contributed by atoms with Crippen LogP contribution in [-0.4, -0.2) is 31.6 Å². The summed E-state index contributed by atoms with van der Waals surface area (Å²) in [7, 11) is 0. The Bertz CT molecular complexity index is 1070. The van der Waals surface area contributed by atoms with Gasteiger partial charge < -0.3 is 4.90 Å². The van der Waals surface area contributed by atoms with Crippen LogP contribution >= 0.6 is 23.6 Å². The Labute approximate surface area is 180 Å². The molecule has 0 aliphatic heterocycles. The number of alkyl halides is 3. The highest BCUT2D eigenvalue weighted by Gasteiger charge is 2.33. The first-order valence-electron chi connectivity index (χ1n) is 9.47. The average Bonchev–Trinajstić information content (AvgIpc) is 3.27. The van der Waals surface area contributed by atoms with Crippen molar-refractivity contribution in [3.8, 4) is 10.7 Å². The van der Waals surface area contributed by atoms with E-state index in [0.717, 1.165) is 29.9 Å². The molecule has 1 aliphatic rings. The molecule has 0 radical (unpaired) electrons. The summed E-state index contributed by atoms with van der Waals surface area (Å²) in [5, 5.41) is 8.99. The zero-order chi connectivity index (χ0) is 21.3. The van der Waals surface area contributed by atoms with Crippen LogP contribution in [0.2, 0.25) is 0 Å². The molecule has 2 heterocycles. The maximum Gasteiger partial charge on any atom is 0.416 e. The minimum Gasteiger partial charge on any atom is -0.335 e. The topological polar surface area (TPSA) is 53.9 Å². The van der Waals surface area contributed by atoms with Crippen LogP contribution in [0.3, 0.4) is 0 Å². The van der Waals surface area contributed by atoms with Crippen molar-refractivity contribution in [1.82, 2.24) is 19.7 Å². The van der Waals surface area contributed by atoms with Gasteiger partial charge in [0.2, 0.25) is 5.91 Å². The van der Waals surface area contributed by atoms with E-state index >= 15 is 0 Å². The van der Waals surface area contributed by atoms with E-state index in [1.807, 2.05) is 22.1 Å². The smallest absolute Gasteiger partial charge is 0.335 e. The molecule has 1 aliphatic carbocycles. The van der Waals surface area contributed by atoms with Gasteiger partial charge in [-0.15, -0.1) is 11.3 Å². The number of hydrogen-bond donors (Lipinski definition) is 1. The van der Waals surface area contributed by atoms with Crippen molar-refractivity contribution in [2.75, 3.05) is 0 Å². The van der Waals surface area contributed by atoms with Gasteiger partial charge in [0, 0.05) is 25.6 Å². The van der Waals surface area contributed by atoms with Gasteiger partial charge in [0.1, 0.15) is 0 Å². The maximum absolute atomic E-state index is 12.9. The number of aromatic nitrogens is 3. The SMILES string of the molecule is O=C(CCn1c(-c2cccs2)n[nH]c1=S)N(Cc1ccc(C(F)(F)F)cc1)C1CC1. The van der Waals surface area contributed by atoms with Gasteiger partial charge in [0.15, 0.2) is 10.6 Å². The van der Waals surface area contributed by atoms with Gasteiger partial charge in [0.05, 0.1) is 10.4 Å². The second kappa shape index (κ2) is 8.35. The first-order valence-corrected chi connectivity index (χ1v) is 10.8. The van der Waals surface area contributed by atoms with E-state index in [9.17, 15) is 18.0 Å². The largest absolute Gasteiger partial charge is 0.416 e. The van der Waals surface area contributed by atoms with E-state index in [2.05, 4.69) is 10.2 Å². The molecule has 1 N–H and O–H groups in total. The Kier molecular flexibility index (Phi) is 5.79. The summed E-state index contributed by atoms with van der Waals surface area (Å²) in [5.41, 5.74) is -0.00608. The van der Waals surface area contributed by atoms with E-state index in [1.165, 1.54) is 23.5 Å². The first kappa shape index (κ1) is 20.8. The van der Waals surface area contributed by atoms with E-state index in [4.69, 9.17) is 12.2 Å². The second-order valence-electron chi connectivity index (χ2n) is 7.18. The Morgan fingerprint density at radius 3 is 2.60 bits per heavy atom. The minimum absolute atomic E-state index is 0.0439. The number of H-pyrrole nitrogens is 1. The molecular formula is C20H19F3N4OS2. The summed E-state index contributed by atoms with van der Waals surface area (Å²) < 4.78 is 40.6. The second-order valence-corrected chi connectivity index (χ2v) is 8.51. The quantitative estimate of drug-likeness (QED) is 0.497. The highest BCUT2D eigenvalue weighted by molar-refractivity contribution is 7.71. The lowest BCUT2D eigenvalue weighted by Gasteiger charge is -2.23. The maximum atomic E-state index is 12.9. The molecule has 158 valence electrons. The van der Waals surface area contributed by atoms with Crippen LogP contribution in [-0.2, 0) is 24.1 Å². The molecule has 4 rings (SSSR count). The number of halogens is 3. The molecule has 10 heteroatoms. The number of nitrogens with zero attached hydrogens (tertiary/aromatic N) is 3. The lowest BCUT2D eigenvalue weighted by molar-refractivity contribution is -0.137. The molecule has 1 aromatic carbocycles. The zero-order valence-corrected chi connectivity index (χ0v) is 17.5. The molecular weight excluding hydrogens is 433 g/mol. The molecule has 1 amide bonds. The number of carbonyl (C=O) groups is 1. The van der Waals surface area contributed by atoms with Crippen molar-refractivity contribution >= 4 is 29.5 Å². The Hall–Kier alpha value is -2.46. The van der Waals surface area contributed by atoms with Crippen LogP contribution in [0.15, 0.2) is 41.8 Å². The third-order valence-corrected chi connectivity index (χ3v) is 6.17. The van der Waals surface area contributed by atoms with E-state index in [0.29, 0.717) is 29.2 Å². The normalized spacial score (nSPS) is 14.1. The van der Waals surface area contributed by atoms with E-state index < -0.39 is 11.7 Å². The summed E-state index contributed by atoms with van der Waals surface area (Å²) in [6.45, 7) is 0.688. The molecule has 0 saturated heterocycles. The molecule has 0 spiro atoms. The molecule has 2 aromatic heterocycles. The summed E-state index contributed by atoms with van der Waals surface area (Å²) in [6.07, 6.45) is -2.30. The third-order valence-electron chi connectivity index (χ3n) is 4.99. The van der Waals surface area contributed by atoms with Gasteiger partial charge in [0.25, 0.3) is 0 Å². The number of carbonyl (C=O) groups excluding carboxylic acids is 1.